The van der Waals surface area contributed by atoms with E-state index in [2.05, 4.69) is 0 Å². The average molecular weight is 599 g/mol. The van der Waals surface area contributed by atoms with Gasteiger partial charge in [-0.25, -0.2) is 0 Å². The monoisotopic (exact) mass is 598 g/mol. The third kappa shape index (κ3) is 6.64. The number of methoxy groups -OCH3 is 1. The Hall–Kier alpha value is -4.99. The number of aliphatic hydroxyl groups excluding tert-OH is 1. The molecule has 0 aromatic heterocycles. The normalized spacial score (nSPS) is 20.0. The van der Waals surface area contributed by atoms with Gasteiger partial charge in [0.05, 0.1) is 19.3 Å². The van der Waals surface area contributed by atoms with Gasteiger partial charge < -0.3 is 40.1 Å². The Morgan fingerprint density at radius 2 is 1.48 bits per heavy atom. The summed E-state index contributed by atoms with van der Waals surface area (Å²) < 4.78 is 11.7. The van der Waals surface area contributed by atoms with E-state index >= 15 is 0 Å². The van der Waals surface area contributed by atoms with E-state index in [1.807, 2.05) is 12.1 Å². The predicted molar refractivity (Wildman–Crippen MR) is 163 cm³/mol. The molecule has 0 aliphatic carbocycles. The molecule has 9 heteroatoms. The molecule has 6 N–H and O–H groups in total. The lowest BCUT2D eigenvalue weighted by Gasteiger charge is -2.40. The van der Waals surface area contributed by atoms with E-state index in [0.29, 0.717) is 24.0 Å². The number of aryl methyl sites for hydroxylation is 1. The van der Waals surface area contributed by atoms with Gasteiger partial charge in [-0.2, -0.15) is 0 Å². The Morgan fingerprint density at radius 3 is 2.09 bits per heavy atom. The van der Waals surface area contributed by atoms with Crippen molar-refractivity contribution in [1.82, 2.24) is 0 Å². The van der Waals surface area contributed by atoms with E-state index in [1.165, 1.54) is 49.6 Å². The first-order chi connectivity index (χ1) is 21.1. The molecule has 9 nitrogen and oxygen atoms in total. The zero-order chi connectivity index (χ0) is 31.4. The fourth-order valence-corrected chi connectivity index (χ4v) is 5.63. The lowest BCUT2D eigenvalue weighted by atomic mass is 9.78. The second-order valence-electron chi connectivity index (χ2n) is 10.8. The zero-order valence-corrected chi connectivity index (χ0v) is 24.0. The predicted octanol–water partition coefficient (Wildman–Crippen LogP) is 5.73. The Kier molecular flexibility index (Phi) is 9.08. The topological polar surface area (TPSA) is 157 Å². The summed E-state index contributed by atoms with van der Waals surface area (Å²) in [6, 6.07) is 20.5. The molecule has 4 aromatic carbocycles. The summed E-state index contributed by atoms with van der Waals surface area (Å²) in [6.45, 7) is 0. The molecule has 0 radical (unpaired) electrons. The minimum Gasteiger partial charge on any atom is -0.508 e. The second-order valence-corrected chi connectivity index (χ2v) is 10.8. The maximum Gasteiger partial charge on any atom is 0.193 e. The highest BCUT2D eigenvalue weighted by Crippen LogP contribution is 2.50. The number of hydrogen-bond acceptors (Lipinski definition) is 9. The first-order valence-corrected chi connectivity index (χ1v) is 14.2. The van der Waals surface area contributed by atoms with Crippen LogP contribution in [0.3, 0.4) is 0 Å². The number of carbonyl (C=O) groups is 1. The number of rotatable bonds is 9. The molecule has 1 aliphatic heterocycles. The third-order valence-electron chi connectivity index (χ3n) is 7.93. The molecular formula is C35H34O9. The molecule has 228 valence electrons. The van der Waals surface area contributed by atoms with Gasteiger partial charge in [0, 0.05) is 17.5 Å². The van der Waals surface area contributed by atoms with Crippen LogP contribution < -0.4 is 4.74 Å². The fourth-order valence-electron chi connectivity index (χ4n) is 5.63. The van der Waals surface area contributed by atoms with Crippen LogP contribution in [0.15, 0.2) is 84.9 Å². The maximum absolute atomic E-state index is 13.4. The number of ketones is 1. The number of aliphatic hydroxyl groups is 1. The van der Waals surface area contributed by atoms with Gasteiger partial charge in [-0.1, -0.05) is 42.5 Å². The second kappa shape index (κ2) is 13.1. The number of ether oxygens (including phenoxy) is 2. The van der Waals surface area contributed by atoms with E-state index in [-0.39, 0.29) is 46.3 Å². The van der Waals surface area contributed by atoms with E-state index in [0.717, 1.165) is 5.56 Å². The van der Waals surface area contributed by atoms with Crippen LogP contribution in [0.4, 0.5) is 0 Å². The van der Waals surface area contributed by atoms with Gasteiger partial charge >= 0.3 is 0 Å². The smallest absolute Gasteiger partial charge is 0.193 e. The van der Waals surface area contributed by atoms with E-state index < -0.39 is 35.8 Å². The minimum absolute atomic E-state index is 0.00129. The molecule has 0 amide bonds. The molecule has 0 saturated carbocycles. The lowest BCUT2D eigenvalue weighted by molar-refractivity contribution is -0.133. The molecule has 5 rings (SSSR count). The van der Waals surface area contributed by atoms with Gasteiger partial charge in [0.15, 0.2) is 5.78 Å². The summed E-state index contributed by atoms with van der Waals surface area (Å²) in [6.07, 6.45) is 1.60. The van der Waals surface area contributed by atoms with Crippen LogP contribution in [0.2, 0.25) is 0 Å². The highest BCUT2D eigenvalue weighted by atomic mass is 16.5. The molecule has 4 aromatic rings. The molecule has 0 bridgehead atoms. The van der Waals surface area contributed by atoms with Crippen LogP contribution in [-0.4, -0.2) is 55.7 Å². The van der Waals surface area contributed by atoms with Crippen molar-refractivity contribution in [2.24, 2.45) is 0 Å². The minimum atomic E-state index is -1.23. The molecule has 0 spiro atoms. The standard InChI is InChI=1S/C35H34O9/c1-43-30-19-29(40)31(34(42)32(30)28(39)17-7-21-4-12-24(37)13-5-21)27-18-26(16-6-20-2-10-23(36)11-3-20)44-35(33(27)41)22-8-14-25(38)15-9-22/h2-5,7-15,17,19,26-27,33,35-38,40-42H,6,16,18H2,1H3. The molecule has 4 unspecified atom stereocenters. The Balaban J connectivity index is 1.51. The highest BCUT2D eigenvalue weighted by molar-refractivity contribution is 6.11. The molecule has 1 fully saturated rings. The van der Waals surface area contributed by atoms with Crippen LogP contribution >= 0.6 is 0 Å². The molecule has 1 aliphatic rings. The van der Waals surface area contributed by atoms with E-state index in [1.54, 1.807) is 36.4 Å². The van der Waals surface area contributed by atoms with Crippen LogP contribution in [0.25, 0.3) is 6.08 Å². The van der Waals surface area contributed by atoms with Gasteiger partial charge in [-0.15, -0.1) is 0 Å². The molecule has 4 atom stereocenters. The van der Waals surface area contributed by atoms with Crippen LogP contribution in [0.5, 0.6) is 34.5 Å². The quantitative estimate of drug-likeness (QED) is 0.105. The fraction of sp³-hybridized carbons (Fsp3) is 0.229. The highest BCUT2D eigenvalue weighted by Gasteiger charge is 2.42. The molecule has 1 heterocycles. The summed E-state index contributed by atoms with van der Waals surface area (Å²) >= 11 is 0. The van der Waals surface area contributed by atoms with Crippen molar-refractivity contribution >= 4 is 11.9 Å². The van der Waals surface area contributed by atoms with Gasteiger partial charge in [0.1, 0.15) is 46.2 Å². The summed E-state index contributed by atoms with van der Waals surface area (Å²) in [7, 11) is 1.32. The van der Waals surface area contributed by atoms with Crippen molar-refractivity contribution < 1.29 is 44.9 Å². The number of carbonyl (C=O) groups excluding carboxylic acids is 1. The molecule has 1 saturated heterocycles. The van der Waals surface area contributed by atoms with Crippen molar-refractivity contribution in [2.45, 2.75) is 43.5 Å². The number of allylic oxidation sites excluding steroid dienone is 1. The average Bonchev–Trinajstić information content (AvgIpc) is 3.01. The van der Waals surface area contributed by atoms with Gasteiger partial charge in [0.25, 0.3) is 0 Å². The summed E-state index contributed by atoms with van der Waals surface area (Å²) in [5.41, 5.74) is 2.04. The Bertz CT molecular complexity index is 1630. The lowest BCUT2D eigenvalue weighted by Crippen LogP contribution is -2.39. The molecular weight excluding hydrogens is 564 g/mol. The van der Waals surface area contributed by atoms with Gasteiger partial charge in [-0.3, -0.25) is 4.79 Å². The number of phenolic OH excluding ortho intramolecular Hbond substituents is 5. The number of benzene rings is 4. The van der Waals surface area contributed by atoms with Crippen LogP contribution in [0.1, 0.15) is 57.5 Å². The van der Waals surface area contributed by atoms with Gasteiger partial charge in [0.2, 0.25) is 0 Å². The van der Waals surface area contributed by atoms with Crippen LogP contribution in [-0.2, 0) is 11.2 Å². The zero-order valence-electron chi connectivity index (χ0n) is 24.0. The first-order valence-electron chi connectivity index (χ1n) is 14.2. The van der Waals surface area contributed by atoms with Crippen molar-refractivity contribution in [3.05, 3.63) is 113 Å². The number of phenols is 5. The van der Waals surface area contributed by atoms with Crippen molar-refractivity contribution in [3.8, 4) is 34.5 Å². The first kappa shape index (κ1) is 30.5. The van der Waals surface area contributed by atoms with Crippen LogP contribution in [0, 0.1) is 0 Å². The summed E-state index contributed by atoms with van der Waals surface area (Å²) in [5.74, 6) is -2.02. The summed E-state index contributed by atoms with van der Waals surface area (Å²) in [5, 5.41) is 63.3. The number of hydrogen-bond donors (Lipinski definition) is 6. The maximum atomic E-state index is 13.4. The molecule has 44 heavy (non-hydrogen) atoms. The van der Waals surface area contributed by atoms with Crippen molar-refractivity contribution in [2.75, 3.05) is 7.11 Å². The summed E-state index contributed by atoms with van der Waals surface area (Å²) in [4.78, 5) is 13.4. The van der Waals surface area contributed by atoms with Crippen molar-refractivity contribution in [3.63, 3.8) is 0 Å². The largest absolute Gasteiger partial charge is 0.508 e. The third-order valence-corrected chi connectivity index (χ3v) is 7.93. The van der Waals surface area contributed by atoms with Crippen molar-refractivity contribution in [1.29, 1.82) is 0 Å². The Labute approximate surface area is 254 Å². The van der Waals surface area contributed by atoms with Gasteiger partial charge in [-0.05, 0) is 78.4 Å². The van der Waals surface area contributed by atoms with E-state index in [9.17, 15) is 35.4 Å². The number of aromatic hydroxyl groups is 5. The Morgan fingerprint density at radius 1 is 0.886 bits per heavy atom. The SMILES string of the molecule is COc1cc(O)c(C2CC(CCc3ccc(O)cc3)OC(c3ccc(O)cc3)C2O)c(O)c1C(=O)C=Cc1ccc(O)cc1. The van der Waals surface area contributed by atoms with E-state index in [4.69, 9.17) is 9.47 Å².